The van der Waals surface area contributed by atoms with Gasteiger partial charge in [-0.3, -0.25) is 0 Å². The molecule has 0 saturated carbocycles. The molecule has 0 aromatic heterocycles. The summed E-state index contributed by atoms with van der Waals surface area (Å²) in [5.41, 5.74) is 4.57. The van der Waals surface area contributed by atoms with Crippen LogP contribution in [0.1, 0.15) is 16.7 Å². The zero-order valence-corrected chi connectivity index (χ0v) is 16.8. The third-order valence-electron chi connectivity index (χ3n) is 5.41. The molecule has 0 bridgehead atoms. The fourth-order valence-corrected chi connectivity index (χ4v) is 3.95. The molecule has 2 nitrogen and oxygen atoms in total. The second-order valence-electron chi connectivity index (χ2n) is 7.32. The van der Waals surface area contributed by atoms with Gasteiger partial charge >= 0.3 is 0 Å². The van der Waals surface area contributed by atoms with E-state index in [0.717, 1.165) is 33.8 Å². The smallest absolute Gasteiger partial charge is 0.136 e. The number of benzene rings is 4. The van der Waals surface area contributed by atoms with Crippen LogP contribution >= 0.6 is 0 Å². The summed E-state index contributed by atoms with van der Waals surface area (Å²) in [5, 5.41) is 2.39. The van der Waals surface area contributed by atoms with Gasteiger partial charge in [-0.2, -0.15) is 0 Å². The van der Waals surface area contributed by atoms with Crippen LogP contribution in [0.4, 0.5) is 0 Å². The van der Waals surface area contributed by atoms with Gasteiger partial charge in [-0.15, -0.1) is 0 Å². The summed E-state index contributed by atoms with van der Waals surface area (Å²) >= 11 is 0. The Kier molecular flexibility index (Phi) is 4.82. The highest BCUT2D eigenvalue weighted by Crippen LogP contribution is 2.41. The average molecular weight is 390 g/mol. The first-order valence-corrected chi connectivity index (χ1v) is 10.1. The molecular weight excluding hydrogens is 368 g/mol. The van der Waals surface area contributed by atoms with Crippen LogP contribution in [0.15, 0.2) is 103 Å². The zero-order chi connectivity index (χ0) is 20.3. The van der Waals surface area contributed by atoms with Crippen molar-refractivity contribution in [3.05, 3.63) is 120 Å². The number of hydrogen-bond donors (Lipinski definition) is 0. The van der Waals surface area contributed by atoms with E-state index >= 15 is 0 Å². The van der Waals surface area contributed by atoms with E-state index in [4.69, 9.17) is 9.47 Å². The molecule has 4 aromatic rings. The van der Waals surface area contributed by atoms with Crippen molar-refractivity contribution in [2.75, 3.05) is 7.11 Å². The van der Waals surface area contributed by atoms with E-state index < -0.39 is 0 Å². The van der Waals surface area contributed by atoms with Crippen molar-refractivity contribution < 1.29 is 9.47 Å². The molecule has 0 fully saturated rings. The lowest BCUT2D eigenvalue weighted by Gasteiger charge is -2.26. The Morgan fingerprint density at radius 1 is 0.833 bits per heavy atom. The molecule has 0 saturated heterocycles. The van der Waals surface area contributed by atoms with E-state index in [0.29, 0.717) is 0 Å². The van der Waals surface area contributed by atoms with Crippen LogP contribution in [0.25, 0.3) is 22.4 Å². The van der Waals surface area contributed by atoms with Gasteiger partial charge in [-0.1, -0.05) is 78.9 Å². The molecule has 5 rings (SSSR count). The highest BCUT2D eigenvalue weighted by molar-refractivity contribution is 6.01. The number of fused-ring (bicyclic) bond motifs is 3. The minimum atomic E-state index is -0.153. The van der Waals surface area contributed by atoms with Gasteiger partial charge in [0.15, 0.2) is 0 Å². The predicted molar refractivity (Wildman–Crippen MR) is 124 cm³/mol. The first-order valence-electron chi connectivity index (χ1n) is 10.1. The minimum Gasteiger partial charge on any atom is -0.497 e. The first-order chi connectivity index (χ1) is 14.8. The molecule has 1 atom stereocenters. The predicted octanol–water partition coefficient (Wildman–Crippen LogP) is 6.75. The van der Waals surface area contributed by atoms with E-state index in [1.54, 1.807) is 7.11 Å². The molecule has 30 heavy (non-hydrogen) atoms. The lowest BCUT2D eigenvalue weighted by molar-refractivity contribution is 0.292. The molecule has 1 aliphatic heterocycles. The molecule has 0 aliphatic carbocycles. The molecular formula is C28H22O2. The van der Waals surface area contributed by atoms with Gasteiger partial charge in [0.05, 0.1) is 7.11 Å². The highest BCUT2D eigenvalue weighted by Gasteiger charge is 2.23. The lowest BCUT2D eigenvalue weighted by atomic mass is 9.89. The average Bonchev–Trinajstić information content (AvgIpc) is 2.82. The Morgan fingerprint density at radius 2 is 1.67 bits per heavy atom. The van der Waals surface area contributed by atoms with E-state index in [1.165, 1.54) is 10.8 Å². The van der Waals surface area contributed by atoms with Crippen molar-refractivity contribution >= 4 is 22.4 Å². The largest absolute Gasteiger partial charge is 0.497 e. The normalized spacial score (nSPS) is 15.5. The Labute approximate surface area is 176 Å². The summed E-state index contributed by atoms with van der Waals surface area (Å²) < 4.78 is 11.9. The summed E-state index contributed by atoms with van der Waals surface area (Å²) in [5.74, 6) is 1.75. The third-order valence-corrected chi connectivity index (χ3v) is 5.41. The van der Waals surface area contributed by atoms with Gasteiger partial charge in [-0.05, 0) is 57.8 Å². The number of rotatable bonds is 4. The van der Waals surface area contributed by atoms with E-state index in [2.05, 4.69) is 78.9 Å². The van der Waals surface area contributed by atoms with Crippen LogP contribution in [-0.4, -0.2) is 13.2 Å². The SMILES string of the molecule is COc1cccc(C2=CC(C=Cc3ccccc3)Oc3ccc4ccccc4c32)c1. The zero-order valence-electron chi connectivity index (χ0n) is 16.8. The summed E-state index contributed by atoms with van der Waals surface area (Å²) in [4.78, 5) is 0. The van der Waals surface area contributed by atoms with Gasteiger partial charge in [0.1, 0.15) is 17.6 Å². The van der Waals surface area contributed by atoms with E-state index in [1.807, 2.05) is 30.3 Å². The monoisotopic (exact) mass is 390 g/mol. The summed E-state index contributed by atoms with van der Waals surface area (Å²) in [7, 11) is 1.70. The molecule has 0 radical (unpaired) electrons. The Hall–Kier alpha value is -3.78. The van der Waals surface area contributed by atoms with Gasteiger partial charge in [0, 0.05) is 5.56 Å². The molecule has 4 aromatic carbocycles. The summed E-state index contributed by atoms with van der Waals surface area (Å²) in [6.07, 6.45) is 6.26. The summed E-state index contributed by atoms with van der Waals surface area (Å²) in [6, 6.07) is 31.2. The van der Waals surface area contributed by atoms with Crippen LogP contribution < -0.4 is 9.47 Å². The van der Waals surface area contributed by atoms with Crippen molar-refractivity contribution in [2.45, 2.75) is 6.10 Å². The van der Waals surface area contributed by atoms with Gasteiger partial charge in [-0.25, -0.2) is 0 Å². The van der Waals surface area contributed by atoms with Crippen molar-refractivity contribution in [2.24, 2.45) is 0 Å². The van der Waals surface area contributed by atoms with Crippen LogP contribution in [-0.2, 0) is 0 Å². The Morgan fingerprint density at radius 3 is 2.53 bits per heavy atom. The van der Waals surface area contributed by atoms with Crippen molar-refractivity contribution in [3.63, 3.8) is 0 Å². The number of ether oxygens (including phenoxy) is 2. The standard InChI is InChI=1S/C28H22O2/c1-29-23-12-7-11-22(18-23)26-19-24(16-14-20-8-3-2-4-9-20)30-27-17-15-21-10-5-6-13-25(21)28(26)27/h2-19,24H,1H3. The molecule has 1 heterocycles. The Balaban J connectivity index is 1.65. The second kappa shape index (κ2) is 7.92. The van der Waals surface area contributed by atoms with Crippen molar-refractivity contribution in [3.8, 4) is 11.5 Å². The van der Waals surface area contributed by atoms with Crippen LogP contribution in [0, 0.1) is 0 Å². The molecule has 146 valence electrons. The maximum Gasteiger partial charge on any atom is 0.136 e. The van der Waals surface area contributed by atoms with Crippen LogP contribution in [0.2, 0.25) is 0 Å². The third kappa shape index (κ3) is 3.48. The quantitative estimate of drug-likeness (QED) is 0.383. The van der Waals surface area contributed by atoms with Crippen LogP contribution in [0.5, 0.6) is 11.5 Å². The van der Waals surface area contributed by atoms with Gasteiger partial charge in [0.2, 0.25) is 0 Å². The van der Waals surface area contributed by atoms with Gasteiger partial charge < -0.3 is 9.47 Å². The summed E-state index contributed by atoms with van der Waals surface area (Å²) in [6.45, 7) is 0. The van der Waals surface area contributed by atoms with E-state index in [9.17, 15) is 0 Å². The fraction of sp³-hybridized carbons (Fsp3) is 0.0714. The maximum atomic E-state index is 6.38. The molecule has 0 spiro atoms. The first kappa shape index (κ1) is 18.3. The van der Waals surface area contributed by atoms with E-state index in [-0.39, 0.29) is 6.10 Å². The van der Waals surface area contributed by atoms with Crippen molar-refractivity contribution in [1.29, 1.82) is 0 Å². The maximum absolute atomic E-state index is 6.38. The molecule has 1 unspecified atom stereocenters. The minimum absolute atomic E-state index is 0.153. The lowest BCUT2D eigenvalue weighted by Crippen LogP contribution is -2.17. The molecule has 0 amide bonds. The van der Waals surface area contributed by atoms with Gasteiger partial charge in [0.25, 0.3) is 0 Å². The van der Waals surface area contributed by atoms with Crippen LogP contribution in [0.3, 0.4) is 0 Å². The number of methoxy groups -OCH3 is 1. The Bertz CT molecular complexity index is 1250. The molecule has 2 heteroatoms. The molecule has 0 N–H and O–H groups in total. The topological polar surface area (TPSA) is 18.5 Å². The fourth-order valence-electron chi connectivity index (χ4n) is 3.95. The second-order valence-corrected chi connectivity index (χ2v) is 7.32. The number of hydrogen-bond acceptors (Lipinski definition) is 2. The highest BCUT2D eigenvalue weighted by atomic mass is 16.5. The molecule has 1 aliphatic rings. The van der Waals surface area contributed by atoms with Crippen molar-refractivity contribution in [1.82, 2.24) is 0 Å².